The number of carbonyl (C=O) groups is 1. The van der Waals surface area contributed by atoms with E-state index in [1.807, 2.05) is 18.2 Å². The van der Waals surface area contributed by atoms with Crippen LogP contribution in [0.1, 0.15) is 29.5 Å². The number of anilines is 1. The fourth-order valence-corrected chi connectivity index (χ4v) is 5.29. The molecule has 4 nitrogen and oxygen atoms in total. The number of nitrogens with one attached hydrogen (secondary N) is 1. The van der Waals surface area contributed by atoms with Gasteiger partial charge in [0.1, 0.15) is 5.75 Å². The number of phenolic OH excluding ortho intramolecular Hbond substituents is 1. The van der Waals surface area contributed by atoms with Crippen LogP contribution < -0.4 is 5.32 Å². The minimum Gasteiger partial charge on any atom is -0.508 e. The van der Waals surface area contributed by atoms with Gasteiger partial charge in [0.15, 0.2) is 0 Å². The van der Waals surface area contributed by atoms with Gasteiger partial charge in [0.05, 0.1) is 11.6 Å². The van der Waals surface area contributed by atoms with Crippen LogP contribution in [0.25, 0.3) is 0 Å². The average molecular weight is 449 g/mol. The number of aromatic hydroxyl groups is 1. The van der Waals surface area contributed by atoms with Gasteiger partial charge in [-0.25, -0.2) is 0 Å². The third-order valence-corrected chi connectivity index (χ3v) is 6.67. The molecule has 2 N–H and O–H groups in total. The molecule has 1 fully saturated rings. The Kier molecular flexibility index (Phi) is 6.15. The van der Waals surface area contributed by atoms with Gasteiger partial charge in [-0.05, 0) is 41.7 Å². The SMILES string of the molecule is O=C(Nc1cccc(O)c1)C1CCCN1C(c1ccccc1)(c1ccccc1)c1ccccc1. The molecule has 4 heteroatoms. The first-order valence-electron chi connectivity index (χ1n) is 11.7. The Bertz CT molecular complexity index is 1150. The minimum absolute atomic E-state index is 0.0599. The van der Waals surface area contributed by atoms with E-state index in [-0.39, 0.29) is 17.7 Å². The summed E-state index contributed by atoms with van der Waals surface area (Å²) in [4.78, 5) is 16.0. The standard InChI is InChI=1S/C30H28N2O2/c33-27-19-10-18-26(22-27)31-29(34)28-20-11-21-32(28)30(23-12-4-1-5-13-23,24-14-6-2-7-15-24)25-16-8-3-9-17-25/h1-10,12-19,22,28,33H,11,20-21H2,(H,31,34). The van der Waals surface area contributed by atoms with Crippen molar-refractivity contribution in [3.8, 4) is 5.75 Å². The van der Waals surface area contributed by atoms with Crippen LogP contribution in [-0.4, -0.2) is 28.5 Å². The van der Waals surface area contributed by atoms with E-state index in [0.717, 1.165) is 36.1 Å². The minimum atomic E-state index is -0.624. The van der Waals surface area contributed by atoms with Gasteiger partial charge in [-0.2, -0.15) is 0 Å². The smallest absolute Gasteiger partial charge is 0.241 e. The molecule has 1 aliphatic rings. The second-order valence-electron chi connectivity index (χ2n) is 8.70. The molecule has 1 aliphatic heterocycles. The van der Waals surface area contributed by atoms with Crippen molar-refractivity contribution in [1.82, 2.24) is 4.90 Å². The Morgan fingerprint density at radius 3 is 1.79 bits per heavy atom. The summed E-state index contributed by atoms with van der Waals surface area (Å²) in [6.45, 7) is 0.789. The summed E-state index contributed by atoms with van der Waals surface area (Å²) in [5.74, 6) is 0.0727. The number of rotatable bonds is 6. The second-order valence-corrected chi connectivity index (χ2v) is 8.70. The van der Waals surface area contributed by atoms with E-state index in [0.29, 0.717) is 5.69 Å². The van der Waals surface area contributed by atoms with Gasteiger partial charge >= 0.3 is 0 Å². The normalized spacial score (nSPS) is 16.3. The van der Waals surface area contributed by atoms with Gasteiger partial charge in [0.25, 0.3) is 0 Å². The molecule has 1 saturated heterocycles. The lowest BCUT2D eigenvalue weighted by molar-refractivity contribution is -0.121. The molecule has 1 heterocycles. The molecule has 4 aromatic carbocycles. The van der Waals surface area contributed by atoms with Crippen LogP contribution in [0, 0.1) is 0 Å². The van der Waals surface area contributed by atoms with Crippen molar-refractivity contribution in [2.24, 2.45) is 0 Å². The van der Waals surface area contributed by atoms with Crippen molar-refractivity contribution in [3.63, 3.8) is 0 Å². The highest BCUT2D eigenvalue weighted by Crippen LogP contribution is 2.46. The Labute approximate surface area is 200 Å². The van der Waals surface area contributed by atoms with Crippen LogP contribution in [0.5, 0.6) is 5.75 Å². The molecule has 34 heavy (non-hydrogen) atoms. The molecule has 4 aromatic rings. The van der Waals surface area contributed by atoms with Gasteiger partial charge in [-0.15, -0.1) is 0 Å². The van der Waals surface area contributed by atoms with Crippen LogP contribution in [0.2, 0.25) is 0 Å². The highest BCUT2D eigenvalue weighted by molar-refractivity contribution is 5.95. The molecule has 0 spiro atoms. The van der Waals surface area contributed by atoms with E-state index < -0.39 is 5.54 Å². The summed E-state index contributed by atoms with van der Waals surface area (Å²) in [5, 5.41) is 12.9. The van der Waals surface area contributed by atoms with E-state index in [2.05, 4.69) is 83.0 Å². The maximum Gasteiger partial charge on any atom is 0.241 e. The summed E-state index contributed by atoms with van der Waals surface area (Å²) in [6, 6.07) is 37.8. The predicted octanol–water partition coefficient (Wildman–Crippen LogP) is 5.79. The van der Waals surface area contributed by atoms with Gasteiger partial charge in [-0.1, -0.05) is 97.1 Å². The maximum atomic E-state index is 13.6. The number of phenols is 1. The first-order valence-corrected chi connectivity index (χ1v) is 11.7. The molecule has 0 radical (unpaired) electrons. The largest absolute Gasteiger partial charge is 0.508 e. The summed E-state index contributed by atoms with van der Waals surface area (Å²) in [5.41, 5.74) is 3.36. The summed E-state index contributed by atoms with van der Waals surface area (Å²) < 4.78 is 0. The number of benzene rings is 4. The number of hydrogen-bond donors (Lipinski definition) is 2. The van der Waals surface area contributed by atoms with Gasteiger partial charge in [0, 0.05) is 18.3 Å². The maximum absolute atomic E-state index is 13.6. The Morgan fingerprint density at radius 2 is 1.29 bits per heavy atom. The number of amides is 1. The lowest BCUT2D eigenvalue weighted by atomic mass is 9.75. The Hall–Kier alpha value is -3.89. The molecular weight excluding hydrogens is 420 g/mol. The fraction of sp³-hybridized carbons (Fsp3) is 0.167. The number of nitrogens with zero attached hydrogens (tertiary/aromatic N) is 1. The van der Waals surface area contributed by atoms with E-state index in [9.17, 15) is 9.90 Å². The second kappa shape index (κ2) is 9.54. The zero-order valence-electron chi connectivity index (χ0n) is 19.0. The fourth-order valence-electron chi connectivity index (χ4n) is 5.29. The molecule has 1 amide bonds. The lowest BCUT2D eigenvalue weighted by Crippen LogP contribution is -2.53. The van der Waals surface area contributed by atoms with Crippen molar-refractivity contribution in [3.05, 3.63) is 132 Å². The molecule has 5 rings (SSSR count). The van der Waals surface area contributed by atoms with Crippen molar-refractivity contribution >= 4 is 11.6 Å². The van der Waals surface area contributed by atoms with Gasteiger partial charge in [-0.3, -0.25) is 9.69 Å². The lowest BCUT2D eigenvalue weighted by Gasteiger charge is -2.46. The zero-order valence-corrected chi connectivity index (χ0v) is 19.0. The monoisotopic (exact) mass is 448 g/mol. The highest BCUT2D eigenvalue weighted by atomic mass is 16.3. The quantitative estimate of drug-likeness (QED) is 0.367. The molecule has 0 aliphatic carbocycles. The van der Waals surface area contributed by atoms with Crippen LogP contribution in [0.4, 0.5) is 5.69 Å². The molecule has 0 saturated carbocycles. The summed E-state index contributed by atoms with van der Waals surface area (Å²) in [7, 11) is 0. The summed E-state index contributed by atoms with van der Waals surface area (Å²) in [6.07, 6.45) is 1.69. The summed E-state index contributed by atoms with van der Waals surface area (Å²) >= 11 is 0. The van der Waals surface area contributed by atoms with E-state index >= 15 is 0 Å². The first kappa shape index (κ1) is 21.9. The third kappa shape index (κ3) is 3.97. The number of likely N-dealkylation sites (tertiary alicyclic amines) is 1. The molecule has 170 valence electrons. The van der Waals surface area contributed by atoms with E-state index in [1.54, 1.807) is 24.3 Å². The molecule has 0 aromatic heterocycles. The van der Waals surface area contributed by atoms with Crippen molar-refractivity contribution in [2.75, 3.05) is 11.9 Å². The van der Waals surface area contributed by atoms with Gasteiger partial charge < -0.3 is 10.4 Å². The molecule has 1 atom stereocenters. The zero-order chi connectivity index (χ0) is 23.4. The predicted molar refractivity (Wildman–Crippen MR) is 136 cm³/mol. The van der Waals surface area contributed by atoms with E-state index in [1.165, 1.54) is 0 Å². The van der Waals surface area contributed by atoms with Gasteiger partial charge in [0.2, 0.25) is 5.91 Å². The van der Waals surface area contributed by atoms with Crippen LogP contribution in [0.3, 0.4) is 0 Å². The molecular formula is C30H28N2O2. The third-order valence-electron chi connectivity index (χ3n) is 6.67. The average Bonchev–Trinajstić information content (AvgIpc) is 3.37. The van der Waals surface area contributed by atoms with Crippen molar-refractivity contribution in [1.29, 1.82) is 0 Å². The first-order chi connectivity index (χ1) is 16.7. The number of hydrogen-bond acceptors (Lipinski definition) is 3. The highest BCUT2D eigenvalue weighted by Gasteiger charge is 2.48. The molecule has 0 bridgehead atoms. The van der Waals surface area contributed by atoms with Crippen molar-refractivity contribution in [2.45, 2.75) is 24.4 Å². The Balaban J connectivity index is 1.66. The topological polar surface area (TPSA) is 52.6 Å². The van der Waals surface area contributed by atoms with E-state index in [4.69, 9.17) is 0 Å². The van der Waals surface area contributed by atoms with Crippen molar-refractivity contribution < 1.29 is 9.90 Å². The molecule has 1 unspecified atom stereocenters. The Morgan fingerprint density at radius 1 is 0.765 bits per heavy atom. The number of carbonyl (C=O) groups excluding carboxylic acids is 1. The van der Waals surface area contributed by atoms with Crippen LogP contribution in [0.15, 0.2) is 115 Å². The van der Waals surface area contributed by atoms with Crippen LogP contribution >= 0.6 is 0 Å². The van der Waals surface area contributed by atoms with Crippen LogP contribution in [-0.2, 0) is 10.3 Å².